The molecule has 2 aromatic rings. The lowest BCUT2D eigenvalue weighted by Gasteiger charge is -2.32. The molecule has 0 bridgehead atoms. The van der Waals surface area contributed by atoms with E-state index in [0.717, 1.165) is 5.56 Å². The van der Waals surface area contributed by atoms with Crippen molar-refractivity contribution in [2.45, 2.75) is 110 Å². The number of carbonyl (C=O) groups is 8. The van der Waals surface area contributed by atoms with Gasteiger partial charge in [-0.1, -0.05) is 80.1 Å². The first-order valence-electron chi connectivity index (χ1n) is 18.4. The first kappa shape index (κ1) is 51.2. The zero-order chi connectivity index (χ0) is 43.6. The second kappa shape index (κ2) is 26.9. The molecule has 5 amide bonds. The predicted molar refractivity (Wildman–Crippen MR) is 213 cm³/mol. The van der Waals surface area contributed by atoms with Crippen molar-refractivity contribution >= 4 is 47.9 Å². The van der Waals surface area contributed by atoms with E-state index in [2.05, 4.69) is 40.3 Å². The topological polar surface area (TPSA) is 283 Å². The average molecular weight is 801 g/mol. The highest BCUT2D eigenvalue weighted by atomic mass is 16.4. The van der Waals surface area contributed by atoms with Gasteiger partial charge in [0.15, 0.2) is 0 Å². The molecular formula is C40H60N6O11. The van der Waals surface area contributed by atoms with Crippen LogP contribution in [-0.2, 0) is 40.0 Å². The van der Waals surface area contributed by atoms with Crippen LogP contribution in [0.5, 0.6) is 0 Å². The maximum atomic E-state index is 12.7. The van der Waals surface area contributed by atoms with Crippen LogP contribution in [0.2, 0.25) is 0 Å². The summed E-state index contributed by atoms with van der Waals surface area (Å²) in [7, 11) is 1.67. The van der Waals surface area contributed by atoms with Crippen LogP contribution in [0.4, 0.5) is 4.79 Å². The van der Waals surface area contributed by atoms with E-state index in [1.807, 2.05) is 67.7 Å². The number of benzene rings is 2. The smallest absolute Gasteiger partial charge is 0.326 e. The number of aliphatic carboxylic acids is 3. The number of nitrogens with two attached hydrogens (primary N) is 1. The van der Waals surface area contributed by atoms with Crippen LogP contribution in [-0.4, -0.2) is 101 Å². The summed E-state index contributed by atoms with van der Waals surface area (Å²) in [5.74, 6) is -5.24. The molecular weight excluding hydrogens is 740 g/mol. The summed E-state index contributed by atoms with van der Waals surface area (Å²) >= 11 is 0. The van der Waals surface area contributed by atoms with Gasteiger partial charge in [-0.25, -0.2) is 14.4 Å². The number of likely N-dealkylation sites (N-methyl/N-ethyl adjacent to an activating group) is 1. The Hall–Kier alpha value is -5.84. The molecule has 2 aromatic carbocycles. The molecule has 10 N–H and O–H groups in total. The lowest BCUT2D eigenvalue weighted by atomic mass is 9.80. The highest BCUT2D eigenvalue weighted by Gasteiger charge is 2.30. The highest BCUT2D eigenvalue weighted by Crippen LogP contribution is 2.30. The molecule has 0 saturated heterocycles. The molecule has 0 aliphatic heterocycles. The summed E-state index contributed by atoms with van der Waals surface area (Å²) in [4.78, 5) is 92.3. The van der Waals surface area contributed by atoms with Gasteiger partial charge in [0, 0.05) is 24.8 Å². The molecule has 0 aromatic heterocycles. The van der Waals surface area contributed by atoms with Gasteiger partial charge in [0.25, 0.3) is 0 Å². The number of aryl methyl sites for hydroxylation is 1. The Bertz CT molecular complexity index is 1590. The molecule has 316 valence electrons. The van der Waals surface area contributed by atoms with Gasteiger partial charge in [0.2, 0.25) is 17.7 Å². The van der Waals surface area contributed by atoms with E-state index in [9.17, 15) is 43.5 Å². The summed E-state index contributed by atoms with van der Waals surface area (Å²) in [5, 5.41) is 39.7. The largest absolute Gasteiger partial charge is 0.481 e. The molecule has 57 heavy (non-hydrogen) atoms. The molecule has 2 rings (SSSR count). The Labute approximate surface area is 333 Å². The predicted octanol–water partition coefficient (Wildman–Crippen LogP) is 2.54. The minimum absolute atomic E-state index is 0.156. The number of urea groups is 1. The molecule has 17 nitrogen and oxygen atoms in total. The number of aldehydes is 1. The Balaban J connectivity index is 0.00000203. The lowest BCUT2D eigenvalue weighted by Crippen LogP contribution is -2.51. The monoisotopic (exact) mass is 800 g/mol. The first-order chi connectivity index (χ1) is 26.6. The van der Waals surface area contributed by atoms with E-state index in [-0.39, 0.29) is 37.6 Å². The number of carboxylic acid groups (broad SMARTS) is 3. The summed E-state index contributed by atoms with van der Waals surface area (Å²) in [6, 6.07) is 14.8. The number of carbonyl (C=O) groups excluding carboxylic acids is 5. The Morgan fingerprint density at radius 3 is 1.65 bits per heavy atom. The second-order valence-electron chi connectivity index (χ2n) is 14.8. The van der Waals surface area contributed by atoms with Crippen molar-refractivity contribution in [1.29, 1.82) is 0 Å². The van der Waals surface area contributed by atoms with E-state index in [0.29, 0.717) is 25.5 Å². The van der Waals surface area contributed by atoms with Crippen LogP contribution >= 0.6 is 0 Å². The molecule has 0 spiro atoms. The number of hydrogen-bond acceptors (Lipinski definition) is 9. The fraction of sp³-hybridized carbons (Fsp3) is 0.500. The molecule has 0 fully saturated rings. The average Bonchev–Trinajstić information content (AvgIpc) is 3.11. The Morgan fingerprint density at radius 2 is 1.25 bits per heavy atom. The quantitative estimate of drug-likeness (QED) is 0.0777. The van der Waals surface area contributed by atoms with E-state index in [1.165, 1.54) is 5.56 Å². The second-order valence-corrected chi connectivity index (χ2v) is 14.8. The van der Waals surface area contributed by atoms with Crippen LogP contribution in [0.25, 0.3) is 0 Å². The number of rotatable bonds is 22. The minimum atomic E-state index is -1.54. The van der Waals surface area contributed by atoms with Gasteiger partial charge < -0.3 is 52.4 Å². The van der Waals surface area contributed by atoms with Gasteiger partial charge in [-0.3, -0.25) is 19.2 Å². The molecule has 0 saturated carbocycles. The summed E-state index contributed by atoms with van der Waals surface area (Å²) < 4.78 is 0. The molecule has 17 heteroatoms. The summed E-state index contributed by atoms with van der Waals surface area (Å²) in [5.41, 5.74) is 5.77. The molecule has 3 unspecified atom stereocenters. The number of nitrogens with one attached hydrogen (secondary N) is 5. The van der Waals surface area contributed by atoms with Crippen molar-refractivity contribution in [2.24, 2.45) is 11.1 Å². The maximum Gasteiger partial charge on any atom is 0.326 e. The number of hydrogen-bond donors (Lipinski definition) is 9. The van der Waals surface area contributed by atoms with E-state index >= 15 is 0 Å². The number of amides is 5. The van der Waals surface area contributed by atoms with Gasteiger partial charge in [0.1, 0.15) is 18.4 Å². The van der Waals surface area contributed by atoms with Crippen LogP contribution in [0.15, 0.2) is 60.7 Å². The van der Waals surface area contributed by atoms with E-state index in [4.69, 9.17) is 15.9 Å². The third-order valence-corrected chi connectivity index (χ3v) is 8.16. The molecule has 3 atom stereocenters. The Kier molecular flexibility index (Phi) is 24.1. The normalized spacial score (nSPS) is 12.3. The van der Waals surface area contributed by atoms with Crippen molar-refractivity contribution < 1.29 is 53.7 Å². The standard InChI is InChI=1S/C30H44N4O10.C7H8.C3H8N2O/c1-29(2,17-24(37)31-20(18-35)16-19-8-6-5-7-9-19)14-15-30(3,4)34-23(36)12-10-21(26(40)41)32-28(44)33-22(27(42)43)11-13-25(38)39;1-7-5-3-2-4-6-7;1-5-2-3(4)6/h5-9,18,20-22H,10-17H2,1-4H3,(H,31,37)(H,34,36)(H,38,39)(H,40,41)(H,42,43)(H2,32,33,44);2-6H,1H3;5H,2H2,1H3,(H2,4,6). The Morgan fingerprint density at radius 1 is 0.737 bits per heavy atom. The van der Waals surface area contributed by atoms with Crippen LogP contribution in [0, 0.1) is 12.3 Å². The van der Waals surface area contributed by atoms with Gasteiger partial charge in [-0.15, -0.1) is 0 Å². The van der Waals surface area contributed by atoms with E-state index in [1.54, 1.807) is 20.9 Å². The SMILES string of the molecule is CC(C)(CCC(C)(C)NC(=O)CCC(NC(=O)NC(CCC(=O)O)C(=O)O)C(=O)O)CC(=O)NC(C=O)Cc1ccccc1.CNCC(N)=O.Cc1ccccc1. The van der Waals surface area contributed by atoms with Gasteiger partial charge in [0.05, 0.1) is 12.6 Å². The molecule has 0 radical (unpaired) electrons. The van der Waals surface area contributed by atoms with Crippen LogP contribution < -0.4 is 32.3 Å². The zero-order valence-electron chi connectivity index (χ0n) is 33.6. The fourth-order valence-corrected chi connectivity index (χ4v) is 5.06. The summed E-state index contributed by atoms with van der Waals surface area (Å²) in [6.45, 7) is 9.73. The lowest BCUT2D eigenvalue weighted by molar-refractivity contribution is -0.141. The number of primary amides is 1. The van der Waals surface area contributed by atoms with Crippen LogP contribution in [0.1, 0.15) is 83.8 Å². The van der Waals surface area contributed by atoms with Crippen LogP contribution in [0.3, 0.4) is 0 Å². The first-order valence-corrected chi connectivity index (χ1v) is 18.4. The summed E-state index contributed by atoms with van der Waals surface area (Å²) in [6.07, 6.45) is 0.810. The zero-order valence-corrected chi connectivity index (χ0v) is 33.6. The van der Waals surface area contributed by atoms with Gasteiger partial charge >= 0.3 is 23.9 Å². The van der Waals surface area contributed by atoms with Gasteiger partial charge in [-0.05, 0) is 70.9 Å². The van der Waals surface area contributed by atoms with E-state index < -0.39 is 71.8 Å². The van der Waals surface area contributed by atoms with Crippen molar-refractivity contribution in [2.75, 3.05) is 13.6 Å². The van der Waals surface area contributed by atoms with Crippen molar-refractivity contribution in [1.82, 2.24) is 26.6 Å². The molecule has 0 aliphatic rings. The maximum absolute atomic E-state index is 12.7. The highest BCUT2D eigenvalue weighted by molar-refractivity contribution is 5.87. The molecule has 0 aliphatic carbocycles. The van der Waals surface area contributed by atoms with Crippen molar-refractivity contribution in [3.8, 4) is 0 Å². The van der Waals surface area contributed by atoms with Gasteiger partial charge in [-0.2, -0.15) is 0 Å². The fourth-order valence-electron chi connectivity index (χ4n) is 5.06. The molecule has 0 heterocycles. The minimum Gasteiger partial charge on any atom is -0.481 e. The van der Waals surface area contributed by atoms with Crippen molar-refractivity contribution in [3.63, 3.8) is 0 Å². The third-order valence-electron chi connectivity index (χ3n) is 8.16. The van der Waals surface area contributed by atoms with Crippen molar-refractivity contribution in [3.05, 3.63) is 71.8 Å². The third kappa shape index (κ3) is 26.6. The number of carboxylic acids is 3.